The van der Waals surface area contributed by atoms with E-state index in [2.05, 4.69) is 21.0 Å². The molecule has 8 heteroatoms. The van der Waals surface area contributed by atoms with Crippen molar-refractivity contribution in [1.82, 2.24) is 9.78 Å². The van der Waals surface area contributed by atoms with Gasteiger partial charge in [-0.1, -0.05) is 17.7 Å². The predicted octanol–water partition coefficient (Wildman–Crippen LogP) is 2.84. The van der Waals surface area contributed by atoms with E-state index in [9.17, 15) is 10.1 Å². The highest BCUT2D eigenvalue weighted by Crippen LogP contribution is 2.25. The second kappa shape index (κ2) is 4.95. The van der Waals surface area contributed by atoms with Gasteiger partial charge in [0.1, 0.15) is 6.20 Å². The van der Waals surface area contributed by atoms with E-state index < -0.39 is 4.92 Å². The fraction of sp³-hybridized carbons (Fsp3) is 0.100. The van der Waals surface area contributed by atoms with E-state index in [0.29, 0.717) is 11.6 Å². The number of nitro groups is 1. The van der Waals surface area contributed by atoms with Gasteiger partial charge >= 0.3 is 5.69 Å². The largest absolute Gasteiger partial charge is 0.378 e. The zero-order valence-corrected chi connectivity index (χ0v) is 11.3. The summed E-state index contributed by atoms with van der Waals surface area (Å²) in [4.78, 5) is 10.1. The molecule has 2 aromatic rings. The third-order valence-electron chi connectivity index (χ3n) is 2.37. The van der Waals surface area contributed by atoms with Gasteiger partial charge in [-0.15, -0.1) is 0 Å². The molecule has 1 heterocycles. The van der Waals surface area contributed by atoms with Crippen LogP contribution in [0.5, 0.6) is 0 Å². The first kappa shape index (κ1) is 12.8. The number of anilines is 1. The van der Waals surface area contributed by atoms with E-state index in [1.54, 1.807) is 12.1 Å². The first-order valence-electron chi connectivity index (χ1n) is 4.88. The number of nitrogen functional groups attached to an aromatic ring is 1. The Balaban J connectivity index is 2.29. The molecule has 2 rings (SSSR count). The van der Waals surface area contributed by atoms with Crippen molar-refractivity contribution < 1.29 is 4.92 Å². The van der Waals surface area contributed by atoms with Crippen LogP contribution >= 0.6 is 27.5 Å². The van der Waals surface area contributed by atoms with Gasteiger partial charge in [-0.3, -0.25) is 10.1 Å². The van der Waals surface area contributed by atoms with Crippen LogP contribution in [-0.4, -0.2) is 14.7 Å². The summed E-state index contributed by atoms with van der Waals surface area (Å²) in [6, 6.07) is 5.38. The summed E-state index contributed by atoms with van der Waals surface area (Å²) >= 11 is 9.24. The summed E-state index contributed by atoms with van der Waals surface area (Å²) in [5.41, 5.74) is 6.30. The van der Waals surface area contributed by atoms with E-state index in [4.69, 9.17) is 17.3 Å². The maximum absolute atomic E-state index is 10.6. The van der Waals surface area contributed by atoms with Crippen molar-refractivity contribution >= 4 is 39.0 Å². The molecule has 0 aliphatic heterocycles. The quantitative estimate of drug-likeness (QED) is 0.692. The number of hydrogen-bond donors (Lipinski definition) is 1. The van der Waals surface area contributed by atoms with Crippen LogP contribution in [0.15, 0.2) is 28.9 Å². The molecule has 18 heavy (non-hydrogen) atoms. The summed E-state index contributed by atoms with van der Waals surface area (Å²) in [5.74, 6) is 0.0269. The van der Waals surface area contributed by atoms with Gasteiger partial charge in [0.2, 0.25) is 5.82 Å². The van der Waals surface area contributed by atoms with Crippen LogP contribution in [0.3, 0.4) is 0 Å². The highest BCUT2D eigenvalue weighted by Gasteiger charge is 2.17. The molecule has 0 amide bonds. The minimum Gasteiger partial charge on any atom is -0.378 e. The third kappa shape index (κ3) is 2.46. The lowest BCUT2D eigenvalue weighted by Crippen LogP contribution is -2.06. The van der Waals surface area contributed by atoms with Crippen LogP contribution < -0.4 is 5.73 Å². The Hall–Kier alpha value is -1.60. The van der Waals surface area contributed by atoms with Crippen molar-refractivity contribution in [3.05, 3.63) is 49.6 Å². The van der Waals surface area contributed by atoms with Crippen molar-refractivity contribution in [1.29, 1.82) is 0 Å². The second-order valence-corrected chi connectivity index (χ2v) is 4.84. The molecule has 0 aliphatic carbocycles. The van der Waals surface area contributed by atoms with Crippen molar-refractivity contribution in [2.75, 3.05) is 5.73 Å². The van der Waals surface area contributed by atoms with Gasteiger partial charge in [0.15, 0.2) is 0 Å². The highest BCUT2D eigenvalue weighted by atomic mass is 79.9. The predicted molar refractivity (Wildman–Crippen MR) is 71.5 cm³/mol. The highest BCUT2D eigenvalue weighted by molar-refractivity contribution is 9.10. The molecule has 0 aliphatic rings. The smallest absolute Gasteiger partial charge is 0.330 e. The molecule has 2 N–H and O–H groups in total. The molecular formula is C10H8BrClN4O2. The monoisotopic (exact) mass is 330 g/mol. The fourth-order valence-electron chi connectivity index (χ4n) is 1.46. The summed E-state index contributed by atoms with van der Waals surface area (Å²) in [7, 11) is 0. The van der Waals surface area contributed by atoms with Crippen LogP contribution in [0.2, 0.25) is 5.02 Å². The average molecular weight is 332 g/mol. The standard InChI is InChI=1S/C10H8BrClN4O2/c11-7-2-1-6(3-8(7)12)5-15-10(13)9(4-14-15)16(17)18/h1-4H,5,13H2. The lowest BCUT2D eigenvalue weighted by Gasteiger charge is -2.05. The number of benzene rings is 1. The average Bonchev–Trinajstić information content (AvgIpc) is 2.66. The molecule has 6 nitrogen and oxygen atoms in total. The van der Waals surface area contributed by atoms with E-state index >= 15 is 0 Å². The minimum atomic E-state index is -0.562. The summed E-state index contributed by atoms with van der Waals surface area (Å²) in [6.07, 6.45) is 1.13. The molecule has 0 bridgehead atoms. The van der Waals surface area contributed by atoms with Gasteiger partial charge in [-0.05, 0) is 33.6 Å². The van der Waals surface area contributed by atoms with Gasteiger partial charge in [-0.25, -0.2) is 4.68 Å². The Morgan fingerprint density at radius 2 is 2.28 bits per heavy atom. The van der Waals surface area contributed by atoms with E-state index in [-0.39, 0.29) is 11.5 Å². The summed E-state index contributed by atoms with van der Waals surface area (Å²) in [6.45, 7) is 0.326. The minimum absolute atomic E-state index is 0.0269. The molecule has 0 saturated heterocycles. The molecule has 0 saturated carbocycles. The Bertz CT molecular complexity index is 614. The maximum atomic E-state index is 10.6. The van der Waals surface area contributed by atoms with Gasteiger partial charge in [-0.2, -0.15) is 5.10 Å². The molecular weight excluding hydrogens is 323 g/mol. The Morgan fingerprint density at radius 1 is 1.56 bits per heavy atom. The fourth-order valence-corrected chi connectivity index (χ4v) is 1.91. The van der Waals surface area contributed by atoms with Crippen molar-refractivity contribution in [2.24, 2.45) is 0 Å². The van der Waals surface area contributed by atoms with Crippen LogP contribution in [-0.2, 0) is 6.54 Å². The number of nitrogens with two attached hydrogens (primary N) is 1. The third-order valence-corrected chi connectivity index (χ3v) is 3.61. The SMILES string of the molecule is Nc1c([N+](=O)[O-])cnn1Cc1ccc(Br)c(Cl)c1. The van der Waals surface area contributed by atoms with Gasteiger partial charge in [0.25, 0.3) is 0 Å². The van der Waals surface area contributed by atoms with Crippen molar-refractivity contribution in [3.8, 4) is 0 Å². The molecule has 94 valence electrons. The normalized spacial score (nSPS) is 10.6. The van der Waals surface area contributed by atoms with Crippen LogP contribution in [0.1, 0.15) is 5.56 Å². The molecule has 0 radical (unpaired) electrons. The van der Waals surface area contributed by atoms with E-state index in [1.807, 2.05) is 6.07 Å². The van der Waals surface area contributed by atoms with Gasteiger partial charge < -0.3 is 5.73 Å². The second-order valence-electron chi connectivity index (χ2n) is 3.58. The molecule has 1 aromatic carbocycles. The van der Waals surface area contributed by atoms with Crippen LogP contribution in [0.25, 0.3) is 0 Å². The number of halogens is 2. The maximum Gasteiger partial charge on any atom is 0.330 e. The van der Waals surface area contributed by atoms with E-state index in [0.717, 1.165) is 16.2 Å². The zero-order chi connectivity index (χ0) is 13.3. The topological polar surface area (TPSA) is 87.0 Å². The Kier molecular flexibility index (Phi) is 3.53. The number of nitrogens with zero attached hydrogens (tertiary/aromatic N) is 3. The first-order valence-corrected chi connectivity index (χ1v) is 6.05. The molecule has 0 atom stereocenters. The number of aromatic nitrogens is 2. The molecule has 0 fully saturated rings. The first-order chi connectivity index (χ1) is 8.49. The van der Waals surface area contributed by atoms with Crippen molar-refractivity contribution in [3.63, 3.8) is 0 Å². The summed E-state index contributed by atoms with van der Waals surface area (Å²) < 4.78 is 2.14. The van der Waals surface area contributed by atoms with E-state index in [1.165, 1.54) is 4.68 Å². The van der Waals surface area contributed by atoms with Crippen LogP contribution in [0.4, 0.5) is 11.5 Å². The summed E-state index contributed by atoms with van der Waals surface area (Å²) in [5, 5.41) is 15.1. The number of hydrogen-bond acceptors (Lipinski definition) is 4. The molecule has 0 unspecified atom stereocenters. The molecule has 1 aromatic heterocycles. The lowest BCUT2D eigenvalue weighted by atomic mass is 10.2. The Labute approximate surface area is 116 Å². The van der Waals surface area contributed by atoms with Crippen LogP contribution in [0, 0.1) is 10.1 Å². The Morgan fingerprint density at radius 3 is 2.83 bits per heavy atom. The molecule has 0 spiro atoms. The zero-order valence-electron chi connectivity index (χ0n) is 9.01. The number of rotatable bonds is 3. The van der Waals surface area contributed by atoms with Gasteiger partial charge in [0.05, 0.1) is 16.5 Å². The van der Waals surface area contributed by atoms with Crippen molar-refractivity contribution in [2.45, 2.75) is 6.54 Å². The van der Waals surface area contributed by atoms with Gasteiger partial charge in [0, 0.05) is 4.47 Å². The lowest BCUT2D eigenvalue weighted by molar-refractivity contribution is -0.384.